The molecule has 86 valence electrons. The molecule has 1 aliphatic carbocycles. The maximum atomic E-state index is 11.4. The molecule has 0 atom stereocenters. The SMILES string of the molecule is O=CC1(c2cccc3cccc(Cl)c23)CCC1. The average Bonchev–Trinajstić information content (AvgIpc) is 2.29. The molecule has 0 aliphatic heterocycles. The lowest BCUT2D eigenvalue weighted by Gasteiger charge is -2.38. The van der Waals surface area contributed by atoms with Crippen molar-refractivity contribution in [3.8, 4) is 0 Å². The molecule has 0 saturated heterocycles. The number of carbonyl (C=O) groups is 1. The molecule has 2 aromatic carbocycles. The van der Waals surface area contributed by atoms with Gasteiger partial charge in [0.05, 0.1) is 5.41 Å². The summed E-state index contributed by atoms with van der Waals surface area (Å²) >= 11 is 6.29. The van der Waals surface area contributed by atoms with E-state index in [1.807, 2.05) is 36.4 Å². The second-order valence-corrected chi connectivity index (χ2v) is 5.18. The zero-order valence-corrected chi connectivity index (χ0v) is 10.2. The standard InChI is InChI=1S/C15H13ClO/c16-13-7-2-5-11-4-1-6-12(14(11)13)15(10-17)8-3-9-15/h1-2,4-7,10H,3,8-9H2. The lowest BCUT2D eigenvalue weighted by atomic mass is 9.64. The second-order valence-electron chi connectivity index (χ2n) is 4.77. The highest BCUT2D eigenvalue weighted by Crippen LogP contribution is 2.45. The molecule has 1 fully saturated rings. The first-order valence-corrected chi connectivity index (χ1v) is 6.29. The molecule has 0 radical (unpaired) electrons. The molecule has 0 aromatic heterocycles. The topological polar surface area (TPSA) is 17.1 Å². The maximum absolute atomic E-state index is 11.4. The Labute approximate surface area is 105 Å². The molecule has 2 aromatic rings. The molecule has 3 rings (SSSR count). The molecule has 1 aliphatic rings. The Bertz CT molecular complexity index is 579. The summed E-state index contributed by atoms with van der Waals surface area (Å²) in [5.41, 5.74) is 0.812. The van der Waals surface area contributed by atoms with Crippen molar-refractivity contribution in [2.45, 2.75) is 24.7 Å². The van der Waals surface area contributed by atoms with E-state index < -0.39 is 0 Å². The van der Waals surface area contributed by atoms with Gasteiger partial charge in [-0.1, -0.05) is 48.4 Å². The van der Waals surface area contributed by atoms with Gasteiger partial charge in [-0.3, -0.25) is 0 Å². The Kier molecular flexibility index (Phi) is 2.44. The van der Waals surface area contributed by atoms with Crippen LogP contribution in [0.25, 0.3) is 10.8 Å². The van der Waals surface area contributed by atoms with Crippen molar-refractivity contribution in [1.82, 2.24) is 0 Å². The number of aldehydes is 1. The molecule has 1 saturated carbocycles. The average molecular weight is 245 g/mol. The Balaban J connectivity index is 2.33. The van der Waals surface area contributed by atoms with E-state index in [0.29, 0.717) is 0 Å². The molecule has 0 N–H and O–H groups in total. The number of hydrogen-bond donors (Lipinski definition) is 0. The Morgan fingerprint density at radius 1 is 1.12 bits per heavy atom. The van der Waals surface area contributed by atoms with E-state index in [2.05, 4.69) is 0 Å². The Morgan fingerprint density at radius 2 is 1.82 bits per heavy atom. The fourth-order valence-electron chi connectivity index (χ4n) is 2.72. The minimum Gasteiger partial charge on any atom is -0.302 e. The number of rotatable bonds is 2. The van der Waals surface area contributed by atoms with E-state index in [-0.39, 0.29) is 5.41 Å². The van der Waals surface area contributed by atoms with Crippen LogP contribution < -0.4 is 0 Å². The molecule has 0 amide bonds. The van der Waals surface area contributed by atoms with Crippen LogP contribution in [0, 0.1) is 0 Å². The normalized spacial score (nSPS) is 17.7. The van der Waals surface area contributed by atoms with Crippen molar-refractivity contribution >= 4 is 28.7 Å². The molecular weight excluding hydrogens is 232 g/mol. The van der Waals surface area contributed by atoms with Gasteiger partial charge in [0.25, 0.3) is 0 Å². The number of halogens is 1. The van der Waals surface area contributed by atoms with Crippen molar-refractivity contribution in [3.63, 3.8) is 0 Å². The fourth-order valence-corrected chi connectivity index (χ4v) is 3.00. The monoisotopic (exact) mass is 244 g/mol. The predicted octanol–water partition coefficient (Wildman–Crippen LogP) is 4.11. The third kappa shape index (κ3) is 1.49. The van der Waals surface area contributed by atoms with Gasteiger partial charge < -0.3 is 4.79 Å². The summed E-state index contributed by atoms with van der Waals surface area (Å²) in [6, 6.07) is 12.0. The summed E-state index contributed by atoms with van der Waals surface area (Å²) in [6.45, 7) is 0. The zero-order valence-electron chi connectivity index (χ0n) is 9.45. The van der Waals surface area contributed by atoms with Gasteiger partial charge in [0.1, 0.15) is 6.29 Å². The lowest BCUT2D eigenvalue weighted by molar-refractivity contribution is -0.115. The summed E-state index contributed by atoms with van der Waals surface area (Å²) in [4.78, 5) is 11.4. The molecule has 17 heavy (non-hydrogen) atoms. The highest BCUT2D eigenvalue weighted by atomic mass is 35.5. The number of carbonyl (C=O) groups excluding carboxylic acids is 1. The van der Waals surface area contributed by atoms with Crippen molar-refractivity contribution in [3.05, 3.63) is 47.0 Å². The van der Waals surface area contributed by atoms with Crippen LogP contribution >= 0.6 is 11.6 Å². The van der Waals surface area contributed by atoms with Gasteiger partial charge in [-0.25, -0.2) is 0 Å². The van der Waals surface area contributed by atoms with Crippen molar-refractivity contribution < 1.29 is 4.79 Å². The van der Waals surface area contributed by atoms with Crippen LogP contribution in [0.2, 0.25) is 5.02 Å². The quantitative estimate of drug-likeness (QED) is 0.727. The molecule has 0 spiro atoms. The molecule has 2 heteroatoms. The molecule has 1 nitrogen and oxygen atoms in total. The van der Waals surface area contributed by atoms with Crippen molar-refractivity contribution in [2.24, 2.45) is 0 Å². The fraction of sp³-hybridized carbons (Fsp3) is 0.267. The summed E-state index contributed by atoms with van der Waals surface area (Å²) in [5, 5.41) is 2.90. The summed E-state index contributed by atoms with van der Waals surface area (Å²) < 4.78 is 0. The lowest BCUT2D eigenvalue weighted by Crippen LogP contribution is -2.35. The third-order valence-corrected chi connectivity index (χ3v) is 4.18. The minimum absolute atomic E-state index is 0.287. The van der Waals surface area contributed by atoms with E-state index >= 15 is 0 Å². The largest absolute Gasteiger partial charge is 0.302 e. The smallest absolute Gasteiger partial charge is 0.130 e. The van der Waals surface area contributed by atoms with Crippen LogP contribution in [0.1, 0.15) is 24.8 Å². The highest BCUT2D eigenvalue weighted by molar-refractivity contribution is 6.36. The van der Waals surface area contributed by atoms with E-state index in [1.54, 1.807) is 0 Å². The van der Waals surface area contributed by atoms with E-state index in [0.717, 1.165) is 46.9 Å². The number of hydrogen-bond acceptors (Lipinski definition) is 1. The van der Waals surface area contributed by atoms with E-state index in [9.17, 15) is 4.79 Å². The first-order valence-electron chi connectivity index (χ1n) is 5.91. The van der Waals surface area contributed by atoms with Crippen LogP contribution in [0.5, 0.6) is 0 Å². The van der Waals surface area contributed by atoms with Crippen LogP contribution in [-0.4, -0.2) is 6.29 Å². The van der Waals surface area contributed by atoms with Crippen LogP contribution in [0.4, 0.5) is 0 Å². The van der Waals surface area contributed by atoms with Gasteiger partial charge in [-0.15, -0.1) is 0 Å². The predicted molar refractivity (Wildman–Crippen MR) is 70.6 cm³/mol. The molecule has 0 bridgehead atoms. The molecular formula is C15H13ClO. The van der Waals surface area contributed by atoms with Gasteiger partial charge in [-0.2, -0.15) is 0 Å². The van der Waals surface area contributed by atoms with Gasteiger partial charge in [0.15, 0.2) is 0 Å². The van der Waals surface area contributed by atoms with Crippen LogP contribution in [0.3, 0.4) is 0 Å². The second kappa shape index (κ2) is 3.85. The molecule has 0 heterocycles. The highest BCUT2D eigenvalue weighted by Gasteiger charge is 2.39. The van der Waals surface area contributed by atoms with Crippen LogP contribution in [-0.2, 0) is 10.2 Å². The Morgan fingerprint density at radius 3 is 2.41 bits per heavy atom. The Hall–Kier alpha value is -1.34. The van der Waals surface area contributed by atoms with Crippen molar-refractivity contribution in [2.75, 3.05) is 0 Å². The van der Waals surface area contributed by atoms with Crippen molar-refractivity contribution in [1.29, 1.82) is 0 Å². The minimum atomic E-state index is -0.287. The van der Waals surface area contributed by atoms with Gasteiger partial charge >= 0.3 is 0 Å². The first-order chi connectivity index (χ1) is 8.27. The maximum Gasteiger partial charge on any atom is 0.130 e. The van der Waals surface area contributed by atoms with E-state index in [1.165, 1.54) is 0 Å². The molecule has 0 unspecified atom stereocenters. The first kappa shape index (κ1) is 10.8. The third-order valence-electron chi connectivity index (χ3n) is 3.86. The number of benzene rings is 2. The summed E-state index contributed by atoms with van der Waals surface area (Å²) in [6.07, 6.45) is 4.12. The van der Waals surface area contributed by atoms with Gasteiger partial charge in [-0.05, 0) is 29.9 Å². The number of fused-ring (bicyclic) bond motifs is 1. The summed E-state index contributed by atoms with van der Waals surface area (Å²) in [5.74, 6) is 0. The van der Waals surface area contributed by atoms with Gasteiger partial charge in [0.2, 0.25) is 0 Å². The van der Waals surface area contributed by atoms with Gasteiger partial charge in [0, 0.05) is 10.4 Å². The van der Waals surface area contributed by atoms with Crippen LogP contribution in [0.15, 0.2) is 36.4 Å². The van der Waals surface area contributed by atoms with E-state index in [4.69, 9.17) is 11.6 Å². The zero-order chi connectivity index (χ0) is 11.9. The summed E-state index contributed by atoms with van der Waals surface area (Å²) in [7, 11) is 0.